The average Bonchev–Trinajstić information content (AvgIpc) is 2.39. The molecule has 0 heterocycles. The van der Waals surface area contributed by atoms with Gasteiger partial charge in [0.2, 0.25) is 0 Å². The van der Waals surface area contributed by atoms with Crippen LogP contribution in [0.4, 0.5) is 0 Å². The minimum atomic E-state index is 0.256. The molecule has 0 aromatic carbocycles. The van der Waals surface area contributed by atoms with E-state index in [-0.39, 0.29) is 5.78 Å². The van der Waals surface area contributed by atoms with Gasteiger partial charge in [-0.1, -0.05) is 12.2 Å². The van der Waals surface area contributed by atoms with Gasteiger partial charge in [-0.05, 0) is 43.8 Å². The first kappa shape index (κ1) is 11.2. The van der Waals surface area contributed by atoms with Crippen molar-refractivity contribution < 1.29 is 9.53 Å². The van der Waals surface area contributed by atoms with Crippen molar-refractivity contribution in [2.45, 2.75) is 38.5 Å². The second-order valence-corrected chi connectivity index (χ2v) is 4.33. The van der Waals surface area contributed by atoms with Crippen molar-refractivity contribution in [3.63, 3.8) is 0 Å². The summed E-state index contributed by atoms with van der Waals surface area (Å²) in [5, 5.41) is 0. The third kappa shape index (κ3) is 2.43. The van der Waals surface area contributed by atoms with E-state index < -0.39 is 0 Å². The van der Waals surface area contributed by atoms with E-state index in [0.717, 1.165) is 49.0 Å². The van der Waals surface area contributed by atoms with Crippen molar-refractivity contribution in [3.05, 3.63) is 35.1 Å². The number of ether oxygens (including phenoxy) is 1. The van der Waals surface area contributed by atoms with Crippen LogP contribution in [-0.4, -0.2) is 12.9 Å². The summed E-state index contributed by atoms with van der Waals surface area (Å²) in [6, 6.07) is 0. The lowest BCUT2D eigenvalue weighted by Crippen LogP contribution is -2.11. The zero-order chi connectivity index (χ0) is 11.4. The predicted molar refractivity (Wildman–Crippen MR) is 64.0 cm³/mol. The van der Waals surface area contributed by atoms with Gasteiger partial charge in [-0.3, -0.25) is 4.79 Å². The third-order valence-corrected chi connectivity index (χ3v) is 3.25. The highest BCUT2D eigenvalue weighted by molar-refractivity contribution is 6.08. The van der Waals surface area contributed by atoms with E-state index in [1.54, 1.807) is 7.11 Å². The van der Waals surface area contributed by atoms with Crippen molar-refractivity contribution >= 4 is 5.78 Å². The number of Topliss-reactive ketones (excluding diaryl/α,β-unsaturated/α-hetero) is 1. The largest absolute Gasteiger partial charge is 0.501 e. The summed E-state index contributed by atoms with van der Waals surface area (Å²) in [4.78, 5) is 12.1. The van der Waals surface area contributed by atoms with Crippen molar-refractivity contribution in [1.82, 2.24) is 0 Å². The SMILES string of the molecule is COC1=CC=C(C(=O)C2=CCCCC2)CC1. The van der Waals surface area contributed by atoms with Crippen LogP contribution >= 0.6 is 0 Å². The summed E-state index contributed by atoms with van der Waals surface area (Å²) in [5.41, 5.74) is 1.96. The Balaban J connectivity index is 2.08. The number of hydrogen-bond donors (Lipinski definition) is 0. The van der Waals surface area contributed by atoms with Crippen LogP contribution in [-0.2, 0) is 9.53 Å². The van der Waals surface area contributed by atoms with E-state index in [0.29, 0.717) is 0 Å². The molecular weight excluding hydrogens is 200 g/mol. The maximum absolute atomic E-state index is 12.1. The summed E-state index contributed by atoms with van der Waals surface area (Å²) in [5.74, 6) is 1.22. The zero-order valence-electron chi connectivity index (χ0n) is 9.79. The Morgan fingerprint density at radius 2 is 2.00 bits per heavy atom. The van der Waals surface area contributed by atoms with E-state index in [9.17, 15) is 4.79 Å². The first-order valence-electron chi connectivity index (χ1n) is 5.98. The van der Waals surface area contributed by atoms with Gasteiger partial charge in [0.25, 0.3) is 0 Å². The lowest BCUT2D eigenvalue weighted by Gasteiger charge is -2.16. The Hall–Kier alpha value is -1.31. The summed E-state index contributed by atoms with van der Waals surface area (Å²) in [6.45, 7) is 0. The topological polar surface area (TPSA) is 26.3 Å². The summed E-state index contributed by atoms with van der Waals surface area (Å²) >= 11 is 0. The number of carbonyl (C=O) groups excluding carboxylic acids is 1. The second kappa shape index (κ2) is 5.15. The number of rotatable bonds is 3. The van der Waals surface area contributed by atoms with Crippen LogP contribution in [0.15, 0.2) is 35.1 Å². The smallest absolute Gasteiger partial charge is 0.184 e. The van der Waals surface area contributed by atoms with Crippen LogP contribution in [0.2, 0.25) is 0 Å². The Morgan fingerprint density at radius 1 is 1.12 bits per heavy atom. The lowest BCUT2D eigenvalue weighted by atomic mass is 9.89. The quantitative estimate of drug-likeness (QED) is 0.726. The van der Waals surface area contributed by atoms with Gasteiger partial charge in [-0.2, -0.15) is 0 Å². The maximum Gasteiger partial charge on any atom is 0.184 e. The molecular formula is C14H18O2. The number of allylic oxidation sites excluding steroid dienone is 6. The normalized spacial score (nSPS) is 20.7. The zero-order valence-corrected chi connectivity index (χ0v) is 9.79. The first-order chi connectivity index (χ1) is 7.81. The Bertz CT molecular complexity index is 372. The molecule has 0 spiro atoms. The fraction of sp³-hybridized carbons (Fsp3) is 0.500. The highest BCUT2D eigenvalue weighted by atomic mass is 16.5. The van der Waals surface area contributed by atoms with Crippen molar-refractivity contribution in [2.24, 2.45) is 0 Å². The minimum Gasteiger partial charge on any atom is -0.501 e. The molecule has 0 aromatic rings. The fourth-order valence-electron chi connectivity index (χ4n) is 2.23. The molecule has 2 rings (SSSR count). The molecule has 2 aliphatic rings. The molecule has 0 aliphatic heterocycles. The van der Waals surface area contributed by atoms with Crippen LogP contribution in [0.1, 0.15) is 38.5 Å². The average molecular weight is 218 g/mol. The molecule has 0 unspecified atom stereocenters. The molecule has 0 bridgehead atoms. The Morgan fingerprint density at radius 3 is 2.56 bits per heavy atom. The van der Waals surface area contributed by atoms with Crippen LogP contribution < -0.4 is 0 Å². The van der Waals surface area contributed by atoms with Gasteiger partial charge in [0.05, 0.1) is 12.9 Å². The van der Waals surface area contributed by atoms with Crippen LogP contribution in [0, 0.1) is 0 Å². The molecule has 2 heteroatoms. The molecule has 2 nitrogen and oxygen atoms in total. The molecule has 0 amide bonds. The molecule has 0 radical (unpaired) electrons. The summed E-state index contributed by atoms with van der Waals surface area (Å²) in [6.07, 6.45) is 12.0. The molecule has 0 atom stereocenters. The van der Waals surface area contributed by atoms with Crippen molar-refractivity contribution in [1.29, 1.82) is 0 Å². The van der Waals surface area contributed by atoms with Crippen LogP contribution in [0.3, 0.4) is 0 Å². The number of hydrogen-bond acceptors (Lipinski definition) is 2. The molecule has 0 N–H and O–H groups in total. The van der Waals surface area contributed by atoms with E-state index in [1.165, 1.54) is 6.42 Å². The fourth-order valence-corrected chi connectivity index (χ4v) is 2.23. The maximum atomic E-state index is 12.1. The molecule has 16 heavy (non-hydrogen) atoms. The van der Waals surface area contributed by atoms with Gasteiger partial charge in [0, 0.05) is 12.0 Å². The Kier molecular flexibility index (Phi) is 3.60. The van der Waals surface area contributed by atoms with E-state index in [2.05, 4.69) is 6.08 Å². The van der Waals surface area contributed by atoms with Gasteiger partial charge in [-0.15, -0.1) is 0 Å². The van der Waals surface area contributed by atoms with Crippen LogP contribution in [0.25, 0.3) is 0 Å². The highest BCUT2D eigenvalue weighted by Gasteiger charge is 2.18. The van der Waals surface area contributed by atoms with Crippen molar-refractivity contribution in [2.75, 3.05) is 7.11 Å². The van der Waals surface area contributed by atoms with Crippen LogP contribution in [0.5, 0.6) is 0 Å². The number of ketones is 1. The van der Waals surface area contributed by atoms with Gasteiger partial charge < -0.3 is 4.74 Å². The standard InChI is InChI=1S/C14H18O2/c1-16-13-9-7-12(8-10-13)14(15)11-5-3-2-4-6-11/h5,7,9H,2-4,6,8,10H2,1H3. The van der Waals surface area contributed by atoms with Gasteiger partial charge in [0.15, 0.2) is 5.78 Å². The van der Waals surface area contributed by atoms with Crippen molar-refractivity contribution in [3.8, 4) is 0 Å². The predicted octanol–water partition coefficient (Wildman–Crippen LogP) is 3.31. The molecule has 2 aliphatic carbocycles. The monoisotopic (exact) mass is 218 g/mol. The molecule has 0 aromatic heterocycles. The number of methoxy groups -OCH3 is 1. The number of carbonyl (C=O) groups is 1. The van der Waals surface area contributed by atoms with E-state index in [4.69, 9.17) is 4.74 Å². The van der Waals surface area contributed by atoms with Gasteiger partial charge in [0.1, 0.15) is 0 Å². The van der Waals surface area contributed by atoms with E-state index in [1.807, 2.05) is 12.2 Å². The first-order valence-corrected chi connectivity index (χ1v) is 5.98. The summed E-state index contributed by atoms with van der Waals surface area (Å²) < 4.78 is 5.16. The lowest BCUT2D eigenvalue weighted by molar-refractivity contribution is -0.112. The highest BCUT2D eigenvalue weighted by Crippen LogP contribution is 2.25. The molecule has 86 valence electrons. The van der Waals surface area contributed by atoms with Gasteiger partial charge in [-0.25, -0.2) is 0 Å². The Labute approximate surface area is 96.7 Å². The summed E-state index contributed by atoms with van der Waals surface area (Å²) in [7, 11) is 1.68. The molecule has 0 saturated heterocycles. The molecule has 0 saturated carbocycles. The van der Waals surface area contributed by atoms with E-state index >= 15 is 0 Å². The minimum absolute atomic E-state index is 0.256. The van der Waals surface area contributed by atoms with Gasteiger partial charge >= 0.3 is 0 Å². The molecule has 0 fully saturated rings. The third-order valence-electron chi connectivity index (χ3n) is 3.25. The second-order valence-electron chi connectivity index (χ2n) is 4.33.